The van der Waals surface area contributed by atoms with Crippen molar-refractivity contribution in [1.29, 1.82) is 0 Å². The second-order valence-corrected chi connectivity index (χ2v) is 13.0. The van der Waals surface area contributed by atoms with Gasteiger partial charge in [0.1, 0.15) is 18.3 Å². The van der Waals surface area contributed by atoms with E-state index in [-0.39, 0.29) is 18.1 Å². The third-order valence-electron chi connectivity index (χ3n) is 8.87. The summed E-state index contributed by atoms with van der Waals surface area (Å²) in [6, 6.07) is -0.724. The van der Waals surface area contributed by atoms with E-state index in [9.17, 15) is 25.2 Å². The topological polar surface area (TPSA) is 128 Å². The first-order chi connectivity index (χ1) is 21.8. The van der Waals surface area contributed by atoms with E-state index in [1.54, 1.807) is 6.08 Å². The Morgan fingerprint density at radius 2 is 1.33 bits per heavy atom. The molecule has 0 saturated carbocycles. The molecule has 8 nitrogen and oxygen atoms in total. The number of ether oxygens (including phenoxy) is 2. The van der Waals surface area contributed by atoms with Gasteiger partial charge in [-0.05, 0) is 19.3 Å². The van der Waals surface area contributed by atoms with E-state index >= 15 is 0 Å². The zero-order chi connectivity index (χ0) is 33.1. The Kier molecular flexibility index (Phi) is 25.8. The van der Waals surface area contributed by atoms with Gasteiger partial charge < -0.3 is 35.2 Å². The standard InChI is InChI=1S/C37H69NO7/c1-4-6-8-10-12-14-15-16-17-19-20-22-24-26-32(40)31(29-44-37-30(3)35(42)36(43)33(28-39)45-37)38-34(41)27-25-23-21-18-13-11-9-7-5-2/h24,26,31-33,35-37,39-40,42-43H,3-23,25,27-29H2,1-2H3,(H,38,41)/b26-24+/t31-,32+,33+,35+,36+,37-/m0/s1. The Morgan fingerprint density at radius 1 is 0.844 bits per heavy atom. The van der Waals surface area contributed by atoms with Crippen LogP contribution in [0, 0.1) is 0 Å². The minimum Gasteiger partial charge on any atom is -0.394 e. The fourth-order valence-corrected chi connectivity index (χ4v) is 5.77. The summed E-state index contributed by atoms with van der Waals surface area (Å²) in [6.07, 6.45) is 23.9. The van der Waals surface area contributed by atoms with Crippen molar-refractivity contribution in [2.24, 2.45) is 0 Å². The van der Waals surface area contributed by atoms with Crippen LogP contribution in [0.5, 0.6) is 0 Å². The van der Waals surface area contributed by atoms with Gasteiger partial charge in [0, 0.05) is 12.0 Å². The molecule has 1 aliphatic rings. The van der Waals surface area contributed by atoms with Gasteiger partial charge in [-0.15, -0.1) is 0 Å². The summed E-state index contributed by atoms with van der Waals surface area (Å²) in [7, 11) is 0. The van der Waals surface area contributed by atoms with Gasteiger partial charge in [-0.2, -0.15) is 0 Å². The van der Waals surface area contributed by atoms with E-state index in [0.717, 1.165) is 32.1 Å². The van der Waals surface area contributed by atoms with E-state index in [0.29, 0.717) is 6.42 Å². The second-order valence-electron chi connectivity index (χ2n) is 13.0. The van der Waals surface area contributed by atoms with E-state index in [4.69, 9.17) is 9.47 Å². The summed E-state index contributed by atoms with van der Waals surface area (Å²) in [5.74, 6) is -0.142. The summed E-state index contributed by atoms with van der Waals surface area (Å²) in [5.41, 5.74) is 0.133. The second kappa shape index (κ2) is 27.8. The molecule has 0 radical (unpaired) electrons. The maximum absolute atomic E-state index is 12.8. The van der Waals surface area contributed by atoms with Gasteiger partial charge in [-0.25, -0.2) is 0 Å². The molecule has 1 saturated heterocycles. The molecule has 1 amide bonds. The molecule has 0 spiro atoms. The highest BCUT2D eigenvalue weighted by atomic mass is 16.7. The number of amides is 1. The smallest absolute Gasteiger partial charge is 0.220 e. The number of aliphatic hydroxyl groups is 4. The van der Waals surface area contributed by atoms with Crippen LogP contribution in [0.1, 0.15) is 155 Å². The number of allylic oxidation sites excluding steroid dienone is 1. The number of nitrogens with one attached hydrogen (secondary N) is 1. The van der Waals surface area contributed by atoms with Crippen LogP contribution < -0.4 is 5.32 Å². The molecule has 1 fully saturated rings. The Morgan fingerprint density at radius 3 is 1.84 bits per heavy atom. The van der Waals surface area contributed by atoms with Crippen molar-refractivity contribution < 1.29 is 34.7 Å². The first kappa shape index (κ1) is 41.7. The van der Waals surface area contributed by atoms with Crippen molar-refractivity contribution in [2.75, 3.05) is 13.2 Å². The SMILES string of the molecule is C=C1[C@@H](OC[C@H](NC(=O)CCCCCCCCCCC)[C@H](O)/C=C/CCCCCCCCCCCCC)O[C@H](CO)[C@@H](O)[C@@H]1O. The maximum atomic E-state index is 12.8. The van der Waals surface area contributed by atoms with Gasteiger partial charge >= 0.3 is 0 Å². The third kappa shape index (κ3) is 19.9. The largest absolute Gasteiger partial charge is 0.394 e. The van der Waals surface area contributed by atoms with Crippen LogP contribution in [0.2, 0.25) is 0 Å². The summed E-state index contributed by atoms with van der Waals surface area (Å²) >= 11 is 0. The molecule has 45 heavy (non-hydrogen) atoms. The molecule has 0 aromatic carbocycles. The van der Waals surface area contributed by atoms with E-state index in [1.165, 1.54) is 103 Å². The van der Waals surface area contributed by atoms with Gasteiger partial charge in [-0.1, -0.05) is 148 Å². The zero-order valence-electron chi connectivity index (χ0n) is 28.8. The highest BCUT2D eigenvalue weighted by Crippen LogP contribution is 2.25. The van der Waals surface area contributed by atoms with E-state index in [1.807, 2.05) is 6.08 Å². The van der Waals surface area contributed by atoms with Crippen LogP contribution in [0.25, 0.3) is 0 Å². The lowest BCUT2D eigenvalue weighted by Gasteiger charge is -2.38. The molecule has 1 rings (SSSR count). The molecular weight excluding hydrogens is 570 g/mol. The van der Waals surface area contributed by atoms with Crippen molar-refractivity contribution in [2.45, 2.75) is 192 Å². The fourth-order valence-electron chi connectivity index (χ4n) is 5.77. The Balaban J connectivity index is 2.49. The highest BCUT2D eigenvalue weighted by molar-refractivity contribution is 5.76. The summed E-state index contributed by atoms with van der Waals surface area (Å²) < 4.78 is 11.4. The van der Waals surface area contributed by atoms with Crippen LogP contribution in [-0.4, -0.2) is 76.3 Å². The van der Waals surface area contributed by atoms with Crippen LogP contribution in [0.15, 0.2) is 24.3 Å². The average molecular weight is 640 g/mol. The normalized spacial score (nSPS) is 21.8. The van der Waals surface area contributed by atoms with Gasteiger partial charge in [0.15, 0.2) is 6.29 Å². The van der Waals surface area contributed by atoms with E-state index in [2.05, 4.69) is 25.7 Å². The molecule has 0 bridgehead atoms. The predicted molar refractivity (Wildman–Crippen MR) is 183 cm³/mol. The molecular formula is C37H69NO7. The number of hydrogen-bond donors (Lipinski definition) is 5. The Labute approximate surface area is 275 Å². The number of carbonyl (C=O) groups is 1. The van der Waals surface area contributed by atoms with Crippen molar-refractivity contribution >= 4 is 5.91 Å². The maximum Gasteiger partial charge on any atom is 0.220 e. The van der Waals surface area contributed by atoms with Crippen LogP contribution in [-0.2, 0) is 14.3 Å². The minimum absolute atomic E-state index is 0.0852. The highest BCUT2D eigenvalue weighted by Gasteiger charge is 2.40. The molecule has 0 aromatic rings. The molecule has 6 atom stereocenters. The lowest BCUT2D eigenvalue weighted by molar-refractivity contribution is -0.228. The molecule has 1 aliphatic heterocycles. The van der Waals surface area contributed by atoms with Crippen LogP contribution >= 0.6 is 0 Å². The Hall–Kier alpha value is -1.29. The zero-order valence-corrected chi connectivity index (χ0v) is 28.8. The first-order valence-corrected chi connectivity index (χ1v) is 18.4. The molecule has 0 unspecified atom stereocenters. The molecule has 1 heterocycles. The van der Waals surface area contributed by atoms with Gasteiger partial charge in [0.05, 0.1) is 25.4 Å². The number of unbranched alkanes of at least 4 members (excludes halogenated alkanes) is 19. The van der Waals surface area contributed by atoms with Gasteiger partial charge in [0.2, 0.25) is 5.91 Å². The number of carbonyl (C=O) groups excluding carboxylic acids is 1. The van der Waals surface area contributed by atoms with Crippen molar-refractivity contribution in [3.63, 3.8) is 0 Å². The fraction of sp³-hybridized carbons (Fsp3) is 0.865. The molecule has 5 N–H and O–H groups in total. The first-order valence-electron chi connectivity index (χ1n) is 18.4. The minimum atomic E-state index is -1.31. The number of hydrogen-bond acceptors (Lipinski definition) is 7. The van der Waals surface area contributed by atoms with Gasteiger partial charge in [-0.3, -0.25) is 4.79 Å². The average Bonchev–Trinajstić information content (AvgIpc) is 3.04. The molecule has 8 heteroatoms. The monoisotopic (exact) mass is 640 g/mol. The molecule has 264 valence electrons. The van der Waals surface area contributed by atoms with Crippen molar-refractivity contribution in [1.82, 2.24) is 5.32 Å². The van der Waals surface area contributed by atoms with Gasteiger partial charge in [0.25, 0.3) is 0 Å². The third-order valence-corrected chi connectivity index (χ3v) is 8.87. The lowest BCUT2D eigenvalue weighted by Crippen LogP contribution is -2.53. The summed E-state index contributed by atoms with van der Waals surface area (Å²) in [5, 5.41) is 43.8. The summed E-state index contributed by atoms with van der Waals surface area (Å²) in [4.78, 5) is 12.8. The van der Waals surface area contributed by atoms with Crippen molar-refractivity contribution in [3.05, 3.63) is 24.3 Å². The van der Waals surface area contributed by atoms with Crippen LogP contribution in [0.4, 0.5) is 0 Å². The van der Waals surface area contributed by atoms with Crippen molar-refractivity contribution in [3.8, 4) is 0 Å². The lowest BCUT2D eigenvalue weighted by atomic mass is 9.98. The number of rotatable bonds is 29. The quantitative estimate of drug-likeness (QED) is 0.0439. The number of aliphatic hydroxyl groups excluding tert-OH is 4. The Bertz CT molecular complexity index is 761. The summed E-state index contributed by atoms with van der Waals surface area (Å²) in [6.45, 7) is 7.67. The van der Waals surface area contributed by atoms with E-state index < -0.39 is 43.4 Å². The predicted octanol–water partition coefficient (Wildman–Crippen LogP) is 7.02. The van der Waals surface area contributed by atoms with Crippen LogP contribution in [0.3, 0.4) is 0 Å². The molecule has 0 aliphatic carbocycles. The molecule has 0 aromatic heterocycles.